The van der Waals surface area contributed by atoms with Crippen molar-refractivity contribution >= 4 is 16.7 Å². The van der Waals surface area contributed by atoms with E-state index < -0.39 is 0 Å². The largest absolute Gasteiger partial charge is 0.375 e. The van der Waals surface area contributed by atoms with Crippen LogP contribution in [-0.2, 0) is 24.3 Å². The number of aromatic nitrogens is 1. The Bertz CT molecular complexity index is 1200. The normalized spacial score (nSPS) is 15.6. The smallest absolute Gasteiger partial charge is 0.255 e. The van der Waals surface area contributed by atoms with Crippen molar-refractivity contribution in [2.75, 3.05) is 6.61 Å². The number of amides is 1. The SMILES string of the molecule is O=C(c1cccc2ccccc12)N1Cc2ccccc2C[C@H]1COCc1ccncc1. The Morgan fingerprint density at radius 3 is 2.52 bits per heavy atom. The zero-order chi connectivity index (χ0) is 21.0. The van der Waals surface area contributed by atoms with Gasteiger partial charge in [0.2, 0.25) is 0 Å². The van der Waals surface area contributed by atoms with E-state index in [1.807, 2.05) is 65.6 Å². The highest BCUT2D eigenvalue weighted by Crippen LogP contribution is 2.28. The Labute approximate surface area is 182 Å². The van der Waals surface area contributed by atoms with Gasteiger partial charge in [-0.2, -0.15) is 0 Å². The molecule has 0 N–H and O–H groups in total. The molecule has 0 aliphatic carbocycles. The summed E-state index contributed by atoms with van der Waals surface area (Å²) in [6.45, 7) is 1.60. The lowest BCUT2D eigenvalue weighted by Gasteiger charge is -2.37. The number of ether oxygens (including phenoxy) is 1. The first-order valence-corrected chi connectivity index (χ1v) is 10.6. The molecule has 0 fully saturated rings. The molecule has 154 valence electrons. The molecule has 0 radical (unpaired) electrons. The molecule has 4 aromatic rings. The summed E-state index contributed by atoms with van der Waals surface area (Å²) >= 11 is 0. The first-order valence-electron chi connectivity index (χ1n) is 10.6. The van der Waals surface area contributed by atoms with E-state index in [-0.39, 0.29) is 11.9 Å². The van der Waals surface area contributed by atoms with Crippen molar-refractivity contribution in [3.05, 3.63) is 114 Å². The molecule has 0 bridgehead atoms. The van der Waals surface area contributed by atoms with Crippen molar-refractivity contribution in [3.8, 4) is 0 Å². The Morgan fingerprint density at radius 2 is 1.65 bits per heavy atom. The van der Waals surface area contributed by atoms with Crippen molar-refractivity contribution in [2.24, 2.45) is 0 Å². The second-order valence-corrected chi connectivity index (χ2v) is 7.96. The first kappa shape index (κ1) is 19.5. The molecular formula is C27H24N2O2. The molecular weight excluding hydrogens is 384 g/mol. The molecule has 0 spiro atoms. The lowest BCUT2D eigenvalue weighted by atomic mass is 9.93. The average Bonchev–Trinajstić information content (AvgIpc) is 2.83. The van der Waals surface area contributed by atoms with E-state index in [9.17, 15) is 4.79 Å². The van der Waals surface area contributed by atoms with Crippen molar-refractivity contribution in [3.63, 3.8) is 0 Å². The number of carbonyl (C=O) groups is 1. The fraction of sp³-hybridized carbons (Fsp3) is 0.185. The molecule has 1 atom stereocenters. The maximum atomic E-state index is 13.7. The van der Waals surface area contributed by atoms with Crippen molar-refractivity contribution in [1.82, 2.24) is 9.88 Å². The maximum absolute atomic E-state index is 13.7. The predicted molar refractivity (Wildman–Crippen MR) is 122 cm³/mol. The lowest BCUT2D eigenvalue weighted by Crippen LogP contribution is -2.46. The Morgan fingerprint density at radius 1 is 0.903 bits per heavy atom. The predicted octanol–water partition coefficient (Wildman–Crippen LogP) is 5.02. The van der Waals surface area contributed by atoms with E-state index in [4.69, 9.17) is 4.74 Å². The van der Waals surface area contributed by atoms with Crippen LogP contribution < -0.4 is 0 Å². The van der Waals surface area contributed by atoms with Crippen LogP contribution in [0.25, 0.3) is 10.8 Å². The molecule has 0 saturated carbocycles. The van der Waals surface area contributed by atoms with Crippen LogP contribution >= 0.6 is 0 Å². The molecule has 0 saturated heterocycles. The molecule has 4 heteroatoms. The van der Waals surface area contributed by atoms with Crippen molar-refractivity contribution in [2.45, 2.75) is 25.6 Å². The van der Waals surface area contributed by atoms with E-state index >= 15 is 0 Å². The number of rotatable bonds is 5. The molecule has 1 aliphatic rings. The summed E-state index contributed by atoms with van der Waals surface area (Å²) in [5, 5.41) is 2.07. The Kier molecular flexibility index (Phi) is 5.46. The summed E-state index contributed by atoms with van der Waals surface area (Å²) in [7, 11) is 0. The summed E-state index contributed by atoms with van der Waals surface area (Å²) in [5.41, 5.74) is 4.33. The fourth-order valence-corrected chi connectivity index (χ4v) is 4.33. The minimum Gasteiger partial charge on any atom is -0.375 e. The van der Waals surface area contributed by atoms with Crippen LogP contribution in [0.2, 0.25) is 0 Å². The molecule has 1 aliphatic heterocycles. The number of hydrogen-bond donors (Lipinski definition) is 0. The van der Waals surface area contributed by atoms with Crippen LogP contribution in [0.4, 0.5) is 0 Å². The molecule has 2 heterocycles. The lowest BCUT2D eigenvalue weighted by molar-refractivity contribution is 0.0326. The molecule has 1 amide bonds. The monoisotopic (exact) mass is 408 g/mol. The third-order valence-corrected chi connectivity index (χ3v) is 5.96. The van der Waals surface area contributed by atoms with Gasteiger partial charge in [-0.15, -0.1) is 0 Å². The van der Waals surface area contributed by atoms with E-state index in [0.717, 1.165) is 28.3 Å². The van der Waals surface area contributed by atoms with E-state index in [1.165, 1.54) is 11.1 Å². The van der Waals surface area contributed by atoms with Crippen LogP contribution in [0.1, 0.15) is 27.0 Å². The third kappa shape index (κ3) is 4.07. The standard InChI is InChI=1S/C27H24N2O2/c30-27(26-11-5-9-21-6-3-4-10-25(21)26)29-17-23-8-2-1-7-22(23)16-24(29)19-31-18-20-12-14-28-15-13-20/h1-15,24H,16-19H2/t24-/m0/s1. The van der Waals surface area contributed by atoms with E-state index in [1.54, 1.807) is 12.4 Å². The van der Waals surface area contributed by atoms with Crippen LogP contribution in [0, 0.1) is 0 Å². The van der Waals surface area contributed by atoms with Crippen LogP contribution in [0.5, 0.6) is 0 Å². The molecule has 4 nitrogen and oxygen atoms in total. The quantitative estimate of drug-likeness (QED) is 0.466. The molecule has 31 heavy (non-hydrogen) atoms. The van der Waals surface area contributed by atoms with Gasteiger partial charge in [-0.25, -0.2) is 0 Å². The number of benzene rings is 3. The van der Waals surface area contributed by atoms with Gasteiger partial charge in [0.15, 0.2) is 0 Å². The van der Waals surface area contributed by atoms with Crippen LogP contribution in [0.3, 0.4) is 0 Å². The highest BCUT2D eigenvalue weighted by atomic mass is 16.5. The summed E-state index contributed by atoms with van der Waals surface area (Å²) in [6, 6.07) is 26.3. The van der Waals surface area contributed by atoms with E-state index in [2.05, 4.69) is 23.2 Å². The Hall–Kier alpha value is -3.50. The van der Waals surface area contributed by atoms with Gasteiger partial charge in [-0.3, -0.25) is 9.78 Å². The van der Waals surface area contributed by atoms with Gasteiger partial charge in [0.05, 0.1) is 19.3 Å². The minimum absolute atomic E-state index is 0.0109. The van der Waals surface area contributed by atoms with Crippen LogP contribution in [0.15, 0.2) is 91.3 Å². The summed E-state index contributed by atoms with van der Waals surface area (Å²) in [5.74, 6) is 0.0591. The van der Waals surface area contributed by atoms with Gasteiger partial charge in [0, 0.05) is 24.5 Å². The number of pyridine rings is 1. The minimum atomic E-state index is -0.0109. The average molecular weight is 409 g/mol. The highest BCUT2D eigenvalue weighted by molar-refractivity contribution is 6.07. The van der Waals surface area contributed by atoms with Gasteiger partial charge >= 0.3 is 0 Å². The molecule has 0 unspecified atom stereocenters. The summed E-state index contributed by atoms with van der Waals surface area (Å²) < 4.78 is 6.06. The summed E-state index contributed by atoms with van der Waals surface area (Å²) in [6.07, 6.45) is 4.33. The number of fused-ring (bicyclic) bond motifs is 2. The summed E-state index contributed by atoms with van der Waals surface area (Å²) in [4.78, 5) is 19.8. The molecule has 1 aromatic heterocycles. The van der Waals surface area contributed by atoms with Crippen LogP contribution in [-0.4, -0.2) is 28.4 Å². The van der Waals surface area contributed by atoms with Gasteiger partial charge in [-0.05, 0) is 52.1 Å². The van der Waals surface area contributed by atoms with Crippen molar-refractivity contribution < 1.29 is 9.53 Å². The number of nitrogens with zero attached hydrogens (tertiary/aromatic N) is 2. The Balaban J connectivity index is 1.42. The van der Waals surface area contributed by atoms with Gasteiger partial charge in [-0.1, -0.05) is 60.7 Å². The van der Waals surface area contributed by atoms with E-state index in [0.29, 0.717) is 19.8 Å². The van der Waals surface area contributed by atoms with Gasteiger partial charge in [0.25, 0.3) is 5.91 Å². The first-order chi connectivity index (χ1) is 15.3. The van der Waals surface area contributed by atoms with Gasteiger partial charge in [0.1, 0.15) is 0 Å². The topological polar surface area (TPSA) is 42.4 Å². The molecule has 3 aromatic carbocycles. The zero-order valence-corrected chi connectivity index (χ0v) is 17.3. The second-order valence-electron chi connectivity index (χ2n) is 7.96. The maximum Gasteiger partial charge on any atom is 0.255 e. The van der Waals surface area contributed by atoms with Crippen molar-refractivity contribution in [1.29, 1.82) is 0 Å². The fourth-order valence-electron chi connectivity index (χ4n) is 4.33. The zero-order valence-electron chi connectivity index (χ0n) is 17.3. The molecule has 5 rings (SSSR count). The number of hydrogen-bond acceptors (Lipinski definition) is 3. The second kappa shape index (κ2) is 8.70. The number of carbonyl (C=O) groups excluding carboxylic acids is 1. The highest BCUT2D eigenvalue weighted by Gasteiger charge is 2.31. The third-order valence-electron chi connectivity index (χ3n) is 5.96. The van der Waals surface area contributed by atoms with Gasteiger partial charge < -0.3 is 9.64 Å².